The van der Waals surface area contributed by atoms with Crippen LogP contribution in [-0.2, 0) is 38.0 Å². The predicted octanol–water partition coefficient (Wildman–Crippen LogP) is -2.46. The minimum absolute atomic E-state index is 0.464. The molecule has 49 heavy (non-hydrogen) atoms. The van der Waals surface area contributed by atoms with Gasteiger partial charge in [-0.2, -0.15) is 0 Å². The molecule has 1 aromatic rings. The van der Waals surface area contributed by atoms with Gasteiger partial charge in [0.25, 0.3) is 0 Å². The van der Waals surface area contributed by atoms with Crippen molar-refractivity contribution in [2.24, 2.45) is 11.8 Å². The Hall–Kier alpha value is -2.91. The van der Waals surface area contributed by atoms with Gasteiger partial charge < -0.3 is 78.4 Å². The zero-order valence-corrected chi connectivity index (χ0v) is 26.8. The standard InChI is InChI=1S/C32H42O17/c1-13-26(46-19(35)7-5-14-4-6-16(41-2)17(10-14)42-3)23(38)25(40)30(44-13)47-27-15-8-9-43-29(20(15)32(12-34)28(27)49-32)48-31-24(39)22(37)21(36)18(11-33)45-31/h4-10,13,15,18,20-31,33-34,36-40H,11-12H2,1-3H3/b7-5+/t13-,15+,18+,20+,21+,22-,23-,24+,25+,26-,27-,28-,29-,30-,31-,32+/m0/s1. The molecule has 272 valence electrons. The number of rotatable bonds is 11. The van der Waals surface area contributed by atoms with Crippen LogP contribution < -0.4 is 9.47 Å². The summed E-state index contributed by atoms with van der Waals surface area (Å²) in [5, 5.41) is 72.8. The van der Waals surface area contributed by atoms with E-state index in [4.69, 9.17) is 42.6 Å². The Morgan fingerprint density at radius 3 is 2.29 bits per heavy atom. The molecule has 17 heteroatoms. The number of hydrogen-bond acceptors (Lipinski definition) is 17. The third-order valence-electron chi connectivity index (χ3n) is 9.74. The van der Waals surface area contributed by atoms with Crippen molar-refractivity contribution >= 4 is 12.0 Å². The number of carbonyl (C=O) groups excluding carboxylic acids is 1. The fraction of sp³-hybridized carbons (Fsp3) is 0.656. The largest absolute Gasteiger partial charge is 0.493 e. The molecule has 0 radical (unpaired) electrons. The molecule has 0 unspecified atom stereocenters. The maximum absolute atomic E-state index is 12.7. The van der Waals surface area contributed by atoms with Crippen LogP contribution in [0.25, 0.3) is 6.08 Å². The van der Waals surface area contributed by atoms with E-state index in [0.717, 1.165) is 6.08 Å². The molecule has 7 N–H and O–H groups in total. The summed E-state index contributed by atoms with van der Waals surface area (Å²) in [7, 11) is 2.99. The Morgan fingerprint density at radius 1 is 0.878 bits per heavy atom. The van der Waals surface area contributed by atoms with Crippen molar-refractivity contribution < 1.29 is 83.2 Å². The number of ether oxygens (including phenoxy) is 9. The first-order valence-corrected chi connectivity index (χ1v) is 15.8. The fourth-order valence-corrected chi connectivity index (χ4v) is 7.04. The van der Waals surface area contributed by atoms with Gasteiger partial charge in [-0.05, 0) is 36.8 Å². The molecular weight excluding hydrogens is 656 g/mol. The summed E-state index contributed by atoms with van der Waals surface area (Å²) in [6.07, 6.45) is -11.7. The summed E-state index contributed by atoms with van der Waals surface area (Å²) in [5.74, 6) is -1.13. The molecule has 0 spiro atoms. The Labute approximate surface area is 280 Å². The van der Waals surface area contributed by atoms with Crippen LogP contribution in [-0.4, -0.2) is 155 Å². The second kappa shape index (κ2) is 14.4. The van der Waals surface area contributed by atoms with Gasteiger partial charge in [0.2, 0.25) is 6.29 Å². The first kappa shape index (κ1) is 35.9. The van der Waals surface area contributed by atoms with Crippen LogP contribution in [0.3, 0.4) is 0 Å². The summed E-state index contributed by atoms with van der Waals surface area (Å²) in [6.45, 7) is 0.406. The van der Waals surface area contributed by atoms with Crippen molar-refractivity contribution in [2.75, 3.05) is 27.4 Å². The minimum atomic E-state index is -1.70. The molecule has 1 aromatic carbocycles. The summed E-state index contributed by atoms with van der Waals surface area (Å²) < 4.78 is 50.9. The van der Waals surface area contributed by atoms with Crippen LogP contribution in [0.15, 0.2) is 36.6 Å². The second-order valence-corrected chi connectivity index (χ2v) is 12.6. The quantitative estimate of drug-likeness (QED) is 0.0720. The summed E-state index contributed by atoms with van der Waals surface area (Å²) >= 11 is 0. The Kier molecular flexibility index (Phi) is 10.5. The van der Waals surface area contributed by atoms with Crippen LogP contribution in [0.1, 0.15) is 12.5 Å². The monoisotopic (exact) mass is 698 g/mol. The lowest BCUT2D eigenvalue weighted by molar-refractivity contribution is -0.347. The highest BCUT2D eigenvalue weighted by Crippen LogP contribution is 2.61. The van der Waals surface area contributed by atoms with Crippen LogP contribution in [0.4, 0.5) is 0 Å². The van der Waals surface area contributed by atoms with Gasteiger partial charge in [0, 0.05) is 12.0 Å². The van der Waals surface area contributed by atoms with Gasteiger partial charge >= 0.3 is 5.97 Å². The lowest BCUT2D eigenvalue weighted by atomic mass is 9.85. The van der Waals surface area contributed by atoms with Crippen molar-refractivity contribution in [1.82, 2.24) is 0 Å². The maximum Gasteiger partial charge on any atom is 0.331 e. The van der Waals surface area contributed by atoms with Crippen molar-refractivity contribution in [3.05, 3.63) is 42.2 Å². The van der Waals surface area contributed by atoms with E-state index in [0.29, 0.717) is 17.1 Å². The number of hydrogen-bond donors (Lipinski definition) is 7. The van der Waals surface area contributed by atoms with E-state index in [1.165, 1.54) is 26.6 Å². The number of methoxy groups -OCH3 is 2. The van der Waals surface area contributed by atoms with Gasteiger partial charge in [0.05, 0.1) is 51.8 Å². The van der Waals surface area contributed by atoms with E-state index < -0.39 is 117 Å². The van der Waals surface area contributed by atoms with Gasteiger partial charge in [-0.1, -0.05) is 6.07 Å². The van der Waals surface area contributed by atoms with E-state index in [1.54, 1.807) is 31.2 Å². The highest BCUT2D eigenvalue weighted by molar-refractivity contribution is 5.87. The molecule has 3 saturated heterocycles. The zero-order chi connectivity index (χ0) is 35.2. The molecule has 17 nitrogen and oxygen atoms in total. The third kappa shape index (κ3) is 6.55. The molecule has 0 amide bonds. The molecule has 5 aliphatic rings. The van der Waals surface area contributed by atoms with Crippen molar-refractivity contribution in [1.29, 1.82) is 0 Å². The van der Waals surface area contributed by atoms with Crippen LogP contribution >= 0.6 is 0 Å². The lowest BCUT2D eigenvalue weighted by Crippen LogP contribution is -2.60. The smallest absolute Gasteiger partial charge is 0.331 e. The van der Waals surface area contributed by atoms with Gasteiger partial charge in [0.15, 0.2) is 30.2 Å². The van der Waals surface area contributed by atoms with E-state index in [2.05, 4.69) is 0 Å². The van der Waals surface area contributed by atoms with Gasteiger partial charge in [0.1, 0.15) is 48.3 Å². The highest BCUT2D eigenvalue weighted by atomic mass is 16.8. The average Bonchev–Trinajstić information content (AvgIpc) is 3.78. The van der Waals surface area contributed by atoms with Gasteiger partial charge in [-0.25, -0.2) is 4.79 Å². The first-order valence-electron chi connectivity index (χ1n) is 15.8. The molecule has 0 bridgehead atoms. The average molecular weight is 699 g/mol. The summed E-state index contributed by atoms with van der Waals surface area (Å²) in [4.78, 5) is 12.7. The number of carbonyl (C=O) groups is 1. The van der Waals surface area contributed by atoms with Crippen molar-refractivity contribution in [3.8, 4) is 11.5 Å². The molecule has 6 rings (SSSR count). The van der Waals surface area contributed by atoms with E-state index in [9.17, 15) is 40.5 Å². The zero-order valence-electron chi connectivity index (χ0n) is 26.8. The second-order valence-electron chi connectivity index (χ2n) is 12.6. The molecule has 4 heterocycles. The van der Waals surface area contributed by atoms with Gasteiger partial charge in [-0.3, -0.25) is 0 Å². The van der Waals surface area contributed by atoms with Crippen molar-refractivity contribution in [2.45, 2.75) is 92.4 Å². The molecule has 0 aromatic heterocycles. The molecule has 1 aliphatic carbocycles. The number of benzene rings is 1. The van der Waals surface area contributed by atoms with E-state index >= 15 is 0 Å². The number of fused-ring (bicyclic) bond motifs is 3. The Morgan fingerprint density at radius 2 is 1.59 bits per heavy atom. The SMILES string of the molecule is COc1ccc(/C=C/C(=O)O[C@@H]2[C@@H](O)[C@@H](O)[C@H](O[C@H]3[C@@H]4C=CO[C@@H](O[C@@H]5O[C@H](CO)[C@@H](O)[C@H](O)[C@H]5O)[C@@H]4[C@@]4(CO)O[C@@H]34)O[C@H]2C)cc1OC. The minimum Gasteiger partial charge on any atom is -0.493 e. The molecular formula is C32H42O17. The number of aliphatic hydroxyl groups excluding tert-OH is 7. The predicted molar refractivity (Wildman–Crippen MR) is 160 cm³/mol. The molecule has 4 aliphatic heterocycles. The maximum atomic E-state index is 12.7. The third-order valence-corrected chi connectivity index (χ3v) is 9.74. The van der Waals surface area contributed by atoms with Crippen LogP contribution in [0, 0.1) is 11.8 Å². The highest BCUT2D eigenvalue weighted by Gasteiger charge is 2.77. The Bertz CT molecular complexity index is 1390. The van der Waals surface area contributed by atoms with Crippen LogP contribution in [0.5, 0.6) is 11.5 Å². The number of epoxide rings is 1. The van der Waals surface area contributed by atoms with Crippen molar-refractivity contribution in [3.63, 3.8) is 0 Å². The lowest BCUT2D eigenvalue weighted by Gasteiger charge is -2.44. The number of aliphatic hydroxyl groups is 7. The first-order chi connectivity index (χ1) is 23.5. The summed E-state index contributed by atoms with van der Waals surface area (Å²) in [5.41, 5.74) is -0.600. The van der Waals surface area contributed by atoms with E-state index in [-0.39, 0.29) is 0 Å². The Balaban J connectivity index is 1.10. The molecule has 1 saturated carbocycles. The van der Waals surface area contributed by atoms with Crippen LogP contribution in [0.2, 0.25) is 0 Å². The summed E-state index contributed by atoms with van der Waals surface area (Å²) in [6, 6.07) is 5.04. The van der Waals surface area contributed by atoms with E-state index in [1.807, 2.05) is 0 Å². The normalized spacial score (nSPS) is 44.2. The topological polar surface area (TPSA) is 245 Å². The molecule has 16 atom stereocenters. The van der Waals surface area contributed by atoms with Gasteiger partial charge in [-0.15, -0.1) is 0 Å². The molecule has 4 fully saturated rings. The number of esters is 1. The fourth-order valence-electron chi connectivity index (χ4n) is 7.04.